The van der Waals surface area contributed by atoms with Crippen LogP contribution in [0.2, 0.25) is 0 Å². The van der Waals surface area contributed by atoms with Gasteiger partial charge >= 0.3 is 5.97 Å². The fourth-order valence-corrected chi connectivity index (χ4v) is 3.32. The first-order valence-electron chi connectivity index (χ1n) is 5.22. The van der Waals surface area contributed by atoms with Crippen molar-refractivity contribution < 1.29 is 22.4 Å². The molecule has 0 spiro atoms. The standard InChI is InChI=1S/C11H14BrNO5S/c1-6(12)5-13-19(15,16)10-8(3)18-7(2)9(10)11(14)17-4/h13H,1,5H2,2-4H3. The number of aryl methyl sites for hydroxylation is 2. The van der Waals surface area contributed by atoms with Crippen molar-refractivity contribution in [2.75, 3.05) is 13.7 Å². The van der Waals surface area contributed by atoms with Crippen molar-refractivity contribution in [3.05, 3.63) is 28.1 Å². The summed E-state index contributed by atoms with van der Waals surface area (Å²) in [6.07, 6.45) is 0. The van der Waals surface area contributed by atoms with Crippen molar-refractivity contribution in [3.8, 4) is 0 Å². The molecule has 0 aliphatic heterocycles. The quantitative estimate of drug-likeness (QED) is 0.818. The molecule has 6 nitrogen and oxygen atoms in total. The number of hydrogen-bond acceptors (Lipinski definition) is 5. The summed E-state index contributed by atoms with van der Waals surface area (Å²) in [6.45, 7) is 6.51. The first-order valence-corrected chi connectivity index (χ1v) is 7.49. The Bertz CT molecular complexity index is 617. The molecule has 0 aromatic carbocycles. The molecule has 0 unspecified atom stereocenters. The maximum Gasteiger partial charge on any atom is 0.342 e. The van der Waals surface area contributed by atoms with E-state index in [0.717, 1.165) is 0 Å². The maximum atomic E-state index is 12.2. The highest BCUT2D eigenvalue weighted by Crippen LogP contribution is 2.27. The number of carbonyl (C=O) groups is 1. The van der Waals surface area contributed by atoms with Gasteiger partial charge in [0.2, 0.25) is 10.0 Å². The van der Waals surface area contributed by atoms with Gasteiger partial charge in [-0.3, -0.25) is 0 Å². The van der Waals surface area contributed by atoms with Crippen molar-refractivity contribution in [3.63, 3.8) is 0 Å². The molecule has 1 heterocycles. The lowest BCUT2D eigenvalue weighted by molar-refractivity contribution is 0.0595. The highest BCUT2D eigenvalue weighted by atomic mass is 79.9. The van der Waals surface area contributed by atoms with Gasteiger partial charge in [0.05, 0.1) is 7.11 Å². The van der Waals surface area contributed by atoms with Crippen LogP contribution in [0, 0.1) is 13.8 Å². The number of ether oxygens (including phenoxy) is 1. The molecule has 0 aliphatic rings. The Hall–Kier alpha value is -1.12. The van der Waals surface area contributed by atoms with Crippen LogP contribution >= 0.6 is 15.9 Å². The zero-order valence-electron chi connectivity index (χ0n) is 10.7. The summed E-state index contributed by atoms with van der Waals surface area (Å²) in [6, 6.07) is 0. The number of rotatable bonds is 5. The first kappa shape index (κ1) is 15.9. The van der Waals surface area contributed by atoms with Crippen molar-refractivity contribution in [2.24, 2.45) is 0 Å². The summed E-state index contributed by atoms with van der Waals surface area (Å²) in [5, 5.41) is 0. The molecule has 0 saturated carbocycles. The lowest BCUT2D eigenvalue weighted by atomic mass is 10.2. The average Bonchev–Trinajstić information content (AvgIpc) is 2.61. The van der Waals surface area contributed by atoms with E-state index in [0.29, 0.717) is 4.48 Å². The fourth-order valence-electron chi connectivity index (χ4n) is 1.57. The van der Waals surface area contributed by atoms with Gasteiger partial charge in [-0.25, -0.2) is 17.9 Å². The van der Waals surface area contributed by atoms with Crippen LogP contribution in [0.15, 0.2) is 20.4 Å². The van der Waals surface area contributed by atoms with E-state index in [1.807, 2.05) is 0 Å². The number of carbonyl (C=O) groups excluding carboxylic acids is 1. The van der Waals surface area contributed by atoms with Crippen LogP contribution < -0.4 is 4.72 Å². The van der Waals surface area contributed by atoms with Crippen LogP contribution in [0.4, 0.5) is 0 Å². The topological polar surface area (TPSA) is 85.6 Å². The van der Waals surface area contributed by atoms with Gasteiger partial charge in [-0.15, -0.1) is 0 Å². The number of hydrogen-bond donors (Lipinski definition) is 1. The second-order valence-corrected chi connectivity index (χ2v) is 6.58. The Kier molecular flexibility index (Phi) is 4.94. The summed E-state index contributed by atoms with van der Waals surface area (Å²) < 4.78 is 36.9. The highest BCUT2D eigenvalue weighted by molar-refractivity contribution is 9.11. The van der Waals surface area contributed by atoms with Gasteiger partial charge in [-0.1, -0.05) is 22.5 Å². The van der Waals surface area contributed by atoms with Crippen LogP contribution in [0.25, 0.3) is 0 Å². The number of esters is 1. The van der Waals surface area contributed by atoms with Crippen molar-refractivity contribution in [1.82, 2.24) is 4.72 Å². The molecule has 0 aliphatic carbocycles. The molecule has 19 heavy (non-hydrogen) atoms. The van der Waals surface area contributed by atoms with E-state index in [9.17, 15) is 13.2 Å². The third-order valence-electron chi connectivity index (χ3n) is 2.32. The Morgan fingerprint density at radius 3 is 2.47 bits per heavy atom. The second-order valence-electron chi connectivity index (χ2n) is 3.75. The molecule has 1 aromatic rings. The fraction of sp³-hybridized carbons (Fsp3) is 0.364. The Labute approximate surface area is 120 Å². The molecule has 0 saturated heterocycles. The molecule has 0 atom stereocenters. The summed E-state index contributed by atoms with van der Waals surface area (Å²) >= 11 is 3.05. The number of nitrogens with one attached hydrogen (secondary N) is 1. The molecule has 0 bridgehead atoms. The number of sulfonamides is 1. The van der Waals surface area contributed by atoms with E-state index < -0.39 is 16.0 Å². The molecule has 0 fully saturated rings. The van der Waals surface area contributed by atoms with Crippen molar-refractivity contribution in [2.45, 2.75) is 18.7 Å². The Morgan fingerprint density at radius 1 is 1.42 bits per heavy atom. The lowest BCUT2D eigenvalue weighted by Gasteiger charge is -2.06. The molecule has 8 heteroatoms. The summed E-state index contributed by atoms with van der Waals surface area (Å²) in [7, 11) is -2.71. The van der Waals surface area contributed by atoms with E-state index in [4.69, 9.17) is 4.42 Å². The van der Waals surface area contributed by atoms with Gasteiger partial charge in [0.1, 0.15) is 22.0 Å². The Morgan fingerprint density at radius 2 is 2.00 bits per heavy atom. The van der Waals surface area contributed by atoms with E-state index in [-0.39, 0.29) is 28.5 Å². The summed E-state index contributed by atoms with van der Waals surface area (Å²) in [4.78, 5) is 11.4. The second kappa shape index (κ2) is 5.89. The third kappa shape index (κ3) is 3.46. The van der Waals surface area contributed by atoms with Gasteiger partial charge < -0.3 is 9.15 Å². The van der Waals surface area contributed by atoms with Crippen molar-refractivity contribution >= 4 is 31.9 Å². The van der Waals surface area contributed by atoms with Gasteiger partial charge in [-0.2, -0.15) is 0 Å². The largest absolute Gasteiger partial charge is 0.465 e. The normalized spacial score (nSPS) is 11.4. The van der Waals surface area contributed by atoms with E-state index in [1.165, 1.54) is 21.0 Å². The van der Waals surface area contributed by atoms with Crippen molar-refractivity contribution in [1.29, 1.82) is 0 Å². The van der Waals surface area contributed by atoms with Gasteiger partial charge in [0.15, 0.2) is 0 Å². The SMILES string of the molecule is C=C(Br)CNS(=O)(=O)c1c(C)oc(C)c1C(=O)OC. The van der Waals surface area contributed by atoms with Gasteiger partial charge in [0, 0.05) is 11.0 Å². The van der Waals surface area contributed by atoms with Gasteiger partial charge in [0.25, 0.3) is 0 Å². The highest BCUT2D eigenvalue weighted by Gasteiger charge is 2.31. The predicted octanol–water partition coefficient (Wildman–Crippen LogP) is 1.87. The van der Waals surface area contributed by atoms with E-state index in [1.54, 1.807) is 0 Å². The predicted molar refractivity (Wildman–Crippen MR) is 72.8 cm³/mol. The van der Waals surface area contributed by atoms with E-state index in [2.05, 4.69) is 32.0 Å². The minimum Gasteiger partial charge on any atom is -0.465 e. The number of furan rings is 1. The number of halogens is 1. The minimum absolute atomic E-state index is 0.00656. The molecule has 0 amide bonds. The average molecular weight is 352 g/mol. The zero-order chi connectivity index (χ0) is 14.8. The van der Waals surface area contributed by atoms with Crippen LogP contribution in [0.3, 0.4) is 0 Å². The molecule has 1 rings (SSSR count). The van der Waals surface area contributed by atoms with E-state index >= 15 is 0 Å². The minimum atomic E-state index is -3.89. The molecule has 1 N–H and O–H groups in total. The van der Waals surface area contributed by atoms with Crippen LogP contribution in [-0.2, 0) is 14.8 Å². The summed E-state index contributed by atoms with van der Waals surface area (Å²) in [5.41, 5.74) is -0.0901. The van der Waals surface area contributed by atoms with Gasteiger partial charge in [-0.05, 0) is 13.8 Å². The molecule has 0 radical (unpaired) electrons. The Balaban J connectivity index is 3.33. The van der Waals surface area contributed by atoms with Crippen LogP contribution in [-0.4, -0.2) is 28.0 Å². The van der Waals surface area contributed by atoms with Crippen LogP contribution in [0.1, 0.15) is 21.9 Å². The van der Waals surface area contributed by atoms with Crippen LogP contribution in [0.5, 0.6) is 0 Å². The molecule has 1 aromatic heterocycles. The lowest BCUT2D eigenvalue weighted by Crippen LogP contribution is -2.26. The summed E-state index contributed by atoms with van der Waals surface area (Å²) in [5.74, 6) is -0.430. The zero-order valence-corrected chi connectivity index (χ0v) is 13.1. The monoisotopic (exact) mass is 351 g/mol. The smallest absolute Gasteiger partial charge is 0.342 e. The molecule has 106 valence electrons. The maximum absolute atomic E-state index is 12.2. The third-order valence-corrected chi connectivity index (χ3v) is 4.15. The number of methoxy groups -OCH3 is 1. The first-order chi connectivity index (χ1) is 8.70. The molecular formula is C11H14BrNO5S. The molecular weight excluding hydrogens is 338 g/mol.